The highest BCUT2D eigenvalue weighted by Gasteiger charge is 2.32. The molecule has 2 rings (SSSR count). The van der Waals surface area contributed by atoms with Crippen molar-refractivity contribution in [2.45, 2.75) is 6.36 Å². The summed E-state index contributed by atoms with van der Waals surface area (Å²) in [5.74, 6) is -1.28. The highest BCUT2D eigenvalue weighted by Crippen LogP contribution is 2.34. The van der Waals surface area contributed by atoms with E-state index in [4.69, 9.17) is 5.73 Å². The lowest BCUT2D eigenvalue weighted by Gasteiger charge is -2.11. The average molecular weight is 270 g/mol. The molecule has 2 aromatic rings. The van der Waals surface area contributed by atoms with Crippen LogP contribution in [-0.2, 0) is 0 Å². The third kappa shape index (κ3) is 3.27. The van der Waals surface area contributed by atoms with E-state index < -0.39 is 17.9 Å². The van der Waals surface area contributed by atoms with Gasteiger partial charge in [0, 0.05) is 5.56 Å². The zero-order chi connectivity index (χ0) is 14.0. The summed E-state index contributed by atoms with van der Waals surface area (Å²) in [7, 11) is 0. The van der Waals surface area contributed by atoms with Gasteiger partial charge in [-0.15, -0.1) is 13.2 Å². The van der Waals surface area contributed by atoms with Crippen molar-refractivity contribution in [1.82, 2.24) is 4.98 Å². The van der Waals surface area contributed by atoms with Gasteiger partial charge in [-0.1, -0.05) is 0 Å². The van der Waals surface area contributed by atoms with Gasteiger partial charge in [0.25, 0.3) is 0 Å². The number of nitrogens with zero attached hydrogens (tertiary/aromatic N) is 1. The summed E-state index contributed by atoms with van der Waals surface area (Å²) in [5.41, 5.74) is 6.70. The number of aromatic hydroxyl groups is 1. The second-order valence-electron chi connectivity index (χ2n) is 3.71. The highest BCUT2D eigenvalue weighted by atomic mass is 19.4. The number of pyridine rings is 1. The fourth-order valence-corrected chi connectivity index (χ4v) is 1.46. The third-order valence-corrected chi connectivity index (χ3v) is 2.27. The van der Waals surface area contributed by atoms with E-state index >= 15 is 0 Å². The minimum Gasteiger partial charge on any atom is -0.504 e. The summed E-state index contributed by atoms with van der Waals surface area (Å²) in [4.78, 5) is 3.97. The molecule has 1 aromatic carbocycles. The van der Waals surface area contributed by atoms with Crippen molar-refractivity contribution in [3.05, 3.63) is 36.5 Å². The van der Waals surface area contributed by atoms with Gasteiger partial charge in [-0.25, -0.2) is 0 Å². The molecule has 0 aliphatic rings. The van der Waals surface area contributed by atoms with Crippen LogP contribution in [0.25, 0.3) is 11.3 Å². The van der Waals surface area contributed by atoms with Crippen LogP contribution in [0.2, 0.25) is 0 Å². The van der Waals surface area contributed by atoms with Gasteiger partial charge in [0.05, 0.1) is 17.6 Å². The van der Waals surface area contributed by atoms with E-state index in [0.717, 1.165) is 12.1 Å². The van der Waals surface area contributed by atoms with Gasteiger partial charge >= 0.3 is 6.36 Å². The maximum absolute atomic E-state index is 12.1. The SMILES string of the molecule is Nc1ccc(-c2ccc(O)c(OC(F)(F)F)c2)nc1. The molecule has 0 saturated carbocycles. The summed E-state index contributed by atoms with van der Waals surface area (Å²) in [6.45, 7) is 0. The van der Waals surface area contributed by atoms with Crippen molar-refractivity contribution in [2.24, 2.45) is 0 Å². The van der Waals surface area contributed by atoms with Crippen LogP contribution in [0.4, 0.5) is 18.9 Å². The smallest absolute Gasteiger partial charge is 0.504 e. The molecule has 0 fully saturated rings. The number of benzene rings is 1. The van der Waals surface area contributed by atoms with Crippen LogP contribution in [0.3, 0.4) is 0 Å². The Morgan fingerprint density at radius 2 is 1.89 bits per heavy atom. The number of aromatic nitrogens is 1. The van der Waals surface area contributed by atoms with Crippen LogP contribution in [0, 0.1) is 0 Å². The first-order valence-corrected chi connectivity index (χ1v) is 5.16. The molecule has 3 N–H and O–H groups in total. The topological polar surface area (TPSA) is 68.4 Å². The van der Waals surface area contributed by atoms with Gasteiger partial charge in [0.15, 0.2) is 11.5 Å². The number of rotatable bonds is 2. The van der Waals surface area contributed by atoms with Crippen molar-refractivity contribution in [3.8, 4) is 22.8 Å². The maximum atomic E-state index is 12.1. The maximum Gasteiger partial charge on any atom is 0.573 e. The first kappa shape index (κ1) is 13.0. The number of alkyl halides is 3. The third-order valence-electron chi connectivity index (χ3n) is 2.27. The van der Waals surface area contributed by atoms with Crippen LogP contribution in [-0.4, -0.2) is 16.5 Å². The molecule has 0 unspecified atom stereocenters. The average Bonchev–Trinajstić information content (AvgIpc) is 2.31. The lowest BCUT2D eigenvalue weighted by atomic mass is 10.1. The number of anilines is 1. The fraction of sp³-hybridized carbons (Fsp3) is 0.0833. The van der Waals surface area contributed by atoms with Gasteiger partial charge in [0.1, 0.15) is 0 Å². The van der Waals surface area contributed by atoms with Crippen LogP contribution in [0.1, 0.15) is 0 Å². The zero-order valence-corrected chi connectivity index (χ0v) is 9.48. The predicted molar refractivity (Wildman–Crippen MR) is 62.4 cm³/mol. The van der Waals surface area contributed by atoms with Crippen LogP contribution in [0.15, 0.2) is 36.5 Å². The van der Waals surface area contributed by atoms with Gasteiger partial charge in [0.2, 0.25) is 0 Å². The Morgan fingerprint density at radius 1 is 1.16 bits per heavy atom. The summed E-state index contributed by atoms with van der Waals surface area (Å²) >= 11 is 0. The number of phenols is 1. The second kappa shape index (κ2) is 4.68. The molecule has 0 atom stereocenters. The Kier molecular flexibility index (Phi) is 3.20. The minimum atomic E-state index is -4.87. The Hall–Kier alpha value is -2.44. The molecule has 0 radical (unpaired) electrons. The number of phenolic OH excluding ortho intramolecular Hbond substituents is 1. The number of halogens is 3. The van der Waals surface area contributed by atoms with Crippen LogP contribution >= 0.6 is 0 Å². The molecule has 1 aromatic heterocycles. The standard InChI is InChI=1S/C12H9F3N2O2/c13-12(14,15)19-11-5-7(1-4-10(11)18)9-3-2-8(16)6-17-9/h1-6,18H,16H2. The summed E-state index contributed by atoms with van der Waals surface area (Å²) in [5, 5.41) is 9.32. The van der Waals surface area contributed by atoms with Gasteiger partial charge < -0.3 is 15.6 Å². The van der Waals surface area contributed by atoms with Crippen molar-refractivity contribution in [1.29, 1.82) is 0 Å². The predicted octanol–water partition coefficient (Wildman–Crippen LogP) is 2.94. The monoisotopic (exact) mass is 270 g/mol. The highest BCUT2D eigenvalue weighted by molar-refractivity contribution is 5.64. The molecule has 7 heteroatoms. The fourth-order valence-electron chi connectivity index (χ4n) is 1.46. The quantitative estimate of drug-likeness (QED) is 0.880. The number of hydrogen-bond donors (Lipinski definition) is 2. The van der Waals surface area contributed by atoms with E-state index in [1.807, 2.05) is 0 Å². The summed E-state index contributed by atoms with van der Waals surface area (Å²) < 4.78 is 40.1. The van der Waals surface area contributed by atoms with Crippen molar-refractivity contribution in [3.63, 3.8) is 0 Å². The van der Waals surface area contributed by atoms with Crippen LogP contribution in [0.5, 0.6) is 11.5 Å². The lowest BCUT2D eigenvalue weighted by Crippen LogP contribution is -2.17. The van der Waals surface area contributed by atoms with Crippen molar-refractivity contribution < 1.29 is 23.0 Å². The Labute approximate surface area is 106 Å². The van der Waals surface area contributed by atoms with E-state index in [0.29, 0.717) is 16.9 Å². The normalized spacial score (nSPS) is 11.3. The molecule has 0 aliphatic heterocycles. The Bertz CT molecular complexity index is 583. The van der Waals surface area contributed by atoms with E-state index in [1.165, 1.54) is 12.3 Å². The molecule has 100 valence electrons. The minimum absolute atomic E-state index is 0.372. The molecule has 0 spiro atoms. The van der Waals surface area contributed by atoms with Gasteiger partial charge in [-0.05, 0) is 30.3 Å². The molecule has 0 bridgehead atoms. The lowest BCUT2D eigenvalue weighted by molar-refractivity contribution is -0.275. The summed E-state index contributed by atoms with van der Waals surface area (Å²) in [6, 6.07) is 6.71. The first-order valence-electron chi connectivity index (χ1n) is 5.16. The molecular weight excluding hydrogens is 261 g/mol. The van der Waals surface area contributed by atoms with E-state index in [9.17, 15) is 18.3 Å². The Morgan fingerprint density at radius 3 is 2.47 bits per heavy atom. The molecule has 19 heavy (non-hydrogen) atoms. The first-order chi connectivity index (χ1) is 8.85. The molecular formula is C12H9F3N2O2. The molecule has 0 aliphatic carbocycles. The van der Waals surface area contributed by atoms with E-state index in [1.54, 1.807) is 12.1 Å². The zero-order valence-electron chi connectivity index (χ0n) is 9.48. The molecule has 0 saturated heterocycles. The van der Waals surface area contributed by atoms with Gasteiger partial charge in [-0.2, -0.15) is 0 Å². The largest absolute Gasteiger partial charge is 0.573 e. The van der Waals surface area contributed by atoms with Crippen molar-refractivity contribution in [2.75, 3.05) is 5.73 Å². The number of hydrogen-bond acceptors (Lipinski definition) is 4. The second-order valence-corrected chi connectivity index (χ2v) is 3.71. The van der Waals surface area contributed by atoms with Crippen molar-refractivity contribution >= 4 is 5.69 Å². The number of ether oxygens (including phenoxy) is 1. The number of nitrogen functional groups attached to an aromatic ring is 1. The van der Waals surface area contributed by atoms with Crippen LogP contribution < -0.4 is 10.5 Å². The van der Waals surface area contributed by atoms with E-state index in [-0.39, 0.29) is 0 Å². The molecule has 4 nitrogen and oxygen atoms in total. The van der Waals surface area contributed by atoms with Gasteiger partial charge in [-0.3, -0.25) is 4.98 Å². The number of nitrogens with two attached hydrogens (primary N) is 1. The van der Waals surface area contributed by atoms with E-state index in [2.05, 4.69) is 9.72 Å². The Balaban J connectivity index is 2.38. The summed E-state index contributed by atoms with van der Waals surface area (Å²) in [6.07, 6.45) is -3.49. The molecule has 0 amide bonds. The molecule has 1 heterocycles.